The van der Waals surface area contributed by atoms with Gasteiger partial charge in [-0.3, -0.25) is 0 Å². The quantitative estimate of drug-likeness (QED) is 0.923. The normalized spacial score (nSPS) is 27.9. The molecule has 0 aliphatic heterocycles. The highest BCUT2D eigenvalue weighted by Gasteiger charge is 2.42. The van der Waals surface area contributed by atoms with Crippen molar-refractivity contribution in [3.63, 3.8) is 0 Å². The third-order valence-electron chi connectivity index (χ3n) is 4.94. The maximum Gasteiger partial charge on any atom is 0.260 e. The maximum absolute atomic E-state index is 5.51. The van der Waals surface area contributed by atoms with Crippen LogP contribution in [0.3, 0.4) is 0 Å². The van der Waals surface area contributed by atoms with Crippen LogP contribution in [0.1, 0.15) is 37.4 Å². The fraction of sp³-hybridized carbons (Fsp3) is 0.500. The van der Waals surface area contributed by atoms with E-state index in [9.17, 15) is 0 Å². The van der Waals surface area contributed by atoms with Crippen molar-refractivity contribution in [2.45, 2.75) is 31.6 Å². The van der Waals surface area contributed by atoms with Crippen LogP contribution in [0.15, 0.2) is 28.8 Å². The van der Waals surface area contributed by atoms with Crippen molar-refractivity contribution in [2.24, 2.45) is 11.8 Å². The van der Waals surface area contributed by atoms with E-state index in [1.54, 1.807) is 0 Å². The molecule has 3 atom stereocenters. The summed E-state index contributed by atoms with van der Waals surface area (Å²) in [7, 11) is 1.91. The summed E-state index contributed by atoms with van der Waals surface area (Å²) in [6.07, 6.45) is 5.35. The van der Waals surface area contributed by atoms with Crippen LogP contribution in [0.25, 0.3) is 11.5 Å². The van der Waals surface area contributed by atoms with E-state index in [1.807, 2.05) is 31.3 Å². The number of hydrogen-bond acceptors (Lipinski definition) is 4. The van der Waals surface area contributed by atoms with Crippen molar-refractivity contribution in [3.05, 3.63) is 30.1 Å². The van der Waals surface area contributed by atoms with Gasteiger partial charge in [0.15, 0.2) is 5.82 Å². The molecule has 0 radical (unpaired) electrons. The van der Waals surface area contributed by atoms with Crippen molar-refractivity contribution < 1.29 is 4.52 Å². The van der Waals surface area contributed by atoms with E-state index in [2.05, 4.69) is 15.5 Å². The smallest absolute Gasteiger partial charge is 0.260 e. The molecular weight excluding hydrogens is 250 g/mol. The van der Waals surface area contributed by atoms with Gasteiger partial charge in [-0.15, -0.1) is 0 Å². The summed E-state index contributed by atoms with van der Waals surface area (Å²) in [6.45, 7) is 0. The van der Waals surface area contributed by atoms with Gasteiger partial charge in [0.1, 0.15) is 0 Å². The van der Waals surface area contributed by atoms with E-state index < -0.39 is 0 Å². The zero-order valence-corrected chi connectivity index (χ0v) is 11.7. The Kier molecular flexibility index (Phi) is 2.76. The Bertz CT molecular complexity index is 622. The lowest BCUT2D eigenvalue weighted by molar-refractivity contribution is 0.372. The first-order chi connectivity index (χ1) is 9.85. The van der Waals surface area contributed by atoms with Crippen molar-refractivity contribution in [3.8, 4) is 11.5 Å². The Morgan fingerprint density at radius 1 is 1.20 bits per heavy atom. The molecule has 4 rings (SSSR count). The van der Waals surface area contributed by atoms with Gasteiger partial charge in [-0.25, -0.2) is 0 Å². The lowest BCUT2D eigenvalue weighted by Crippen LogP contribution is -2.09. The van der Waals surface area contributed by atoms with Crippen LogP contribution >= 0.6 is 0 Å². The summed E-state index contributed by atoms with van der Waals surface area (Å²) < 4.78 is 5.51. The molecule has 2 saturated carbocycles. The molecule has 2 aromatic rings. The molecule has 0 spiro atoms. The number of anilines is 1. The lowest BCUT2D eigenvalue weighted by Gasteiger charge is -2.17. The molecule has 2 aliphatic carbocycles. The van der Waals surface area contributed by atoms with E-state index in [0.29, 0.717) is 11.8 Å². The second kappa shape index (κ2) is 4.62. The van der Waals surface area contributed by atoms with Gasteiger partial charge in [0.05, 0.1) is 5.56 Å². The van der Waals surface area contributed by atoms with Crippen LogP contribution in [0.2, 0.25) is 0 Å². The Balaban J connectivity index is 1.65. The average molecular weight is 269 g/mol. The van der Waals surface area contributed by atoms with E-state index in [0.717, 1.165) is 28.9 Å². The molecule has 4 nitrogen and oxygen atoms in total. The predicted molar refractivity (Wildman–Crippen MR) is 77.5 cm³/mol. The zero-order chi connectivity index (χ0) is 13.5. The fourth-order valence-corrected chi connectivity index (χ4v) is 3.94. The van der Waals surface area contributed by atoms with Crippen LogP contribution in [0.4, 0.5) is 5.69 Å². The van der Waals surface area contributed by atoms with Crippen LogP contribution < -0.4 is 5.32 Å². The molecule has 2 aliphatic rings. The molecule has 3 unspecified atom stereocenters. The predicted octanol–water partition coefficient (Wildman–Crippen LogP) is 3.68. The van der Waals surface area contributed by atoms with Crippen LogP contribution in [0.5, 0.6) is 0 Å². The first-order valence-corrected chi connectivity index (χ1v) is 7.46. The number of fused-ring (bicyclic) bond motifs is 2. The first kappa shape index (κ1) is 11.9. The molecular formula is C16H19N3O. The molecule has 2 fully saturated rings. The van der Waals surface area contributed by atoms with Crippen molar-refractivity contribution in [2.75, 3.05) is 12.4 Å². The van der Waals surface area contributed by atoms with Crippen molar-refractivity contribution in [1.29, 1.82) is 0 Å². The minimum absolute atomic E-state index is 0.521. The molecule has 4 heteroatoms. The molecule has 0 amide bonds. The van der Waals surface area contributed by atoms with Crippen LogP contribution in [-0.2, 0) is 0 Å². The lowest BCUT2D eigenvalue weighted by atomic mass is 9.88. The molecule has 2 bridgehead atoms. The summed E-state index contributed by atoms with van der Waals surface area (Å²) in [5.41, 5.74) is 2.01. The number of nitrogens with zero attached hydrogens (tertiary/aromatic N) is 2. The molecule has 0 saturated heterocycles. The van der Waals surface area contributed by atoms with Gasteiger partial charge >= 0.3 is 0 Å². The maximum atomic E-state index is 5.51. The molecule has 20 heavy (non-hydrogen) atoms. The number of para-hydroxylation sites is 1. The van der Waals surface area contributed by atoms with Crippen LogP contribution in [0, 0.1) is 11.8 Å². The van der Waals surface area contributed by atoms with Gasteiger partial charge in [0.25, 0.3) is 5.89 Å². The minimum Gasteiger partial charge on any atom is -0.387 e. The standard InChI is InChI=1S/C16H19N3O/c1-17-14-5-3-2-4-12(14)16-18-15(19-20-16)13-9-10-6-7-11(13)8-10/h2-5,10-11,13,17H,6-9H2,1H3. The number of hydrogen-bond donors (Lipinski definition) is 1. The Morgan fingerprint density at radius 2 is 2.10 bits per heavy atom. The SMILES string of the molecule is CNc1ccccc1-c1nc(C2CC3CCC2C3)no1. The first-order valence-electron chi connectivity index (χ1n) is 7.46. The molecule has 1 aromatic heterocycles. The number of benzene rings is 1. The van der Waals surface area contributed by atoms with E-state index in [-0.39, 0.29) is 0 Å². The Morgan fingerprint density at radius 3 is 2.85 bits per heavy atom. The summed E-state index contributed by atoms with van der Waals surface area (Å²) in [4.78, 5) is 4.67. The highest BCUT2D eigenvalue weighted by atomic mass is 16.5. The number of nitrogens with one attached hydrogen (secondary N) is 1. The van der Waals surface area contributed by atoms with Crippen molar-refractivity contribution >= 4 is 5.69 Å². The summed E-state index contributed by atoms with van der Waals surface area (Å²) in [5, 5.41) is 7.43. The zero-order valence-electron chi connectivity index (χ0n) is 11.7. The van der Waals surface area contributed by atoms with E-state index in [4.69, 9.17) is 4.52 Å². The van der Waals surface area contributed by atoms with Gasteiger partial charge in [0.2, 0.25) is 0 Å². The second-order valence-corrected chi connectivity index (χ2v) is 6.03. The summed E-state index contributed by atoms with van der Waals surface area (Å²) in [6, 6.07) is 8.04. The highest BCUT2D eigenvalue weighted by molar-refractivity contribution is 5.72. The Hall–Kier alpha value is -1.84. The molecule has 1 heterocycles. The average Bonchev–Trinajstić information content (AvgIpc) is 3.22. The summed E-state index contributed by atoms with van der Waals surface area (Å²) >= 11 is 0. The highest BCUT2D eigenvalue weighted by Crippen LogP contribution is 2.52. The van der Waals surface area contributed by atoms with Gasteiger partial charge < -0.3 is 9.84 Å². The fourth-order valence-electron chi connectivity index (χ4n) is 3.94. The Labute approximate surface area is 118 Å². The molecule has 104 valence electrons. The third-order valence-corrected chi connectivity index (χ3v) is 4.94. The number of rotatable bonds is 3. The van der Waals surface area contributed by atoms with E-state index >= 15 is 0 Å². The van der Waals surface area contributed by atoms with Crippen molar-refractivity contribution in [1.82, 2.24) is 10.1 Å². The molecule has 1 N–H and O–H groups in total. The molecule has 1 aromatic carbocycles. The topological polar surface area (TPSA) is 51.0 Å². The van der Waals surface area contributed by atoms with Gasteiger partial charge in [0, 0.05) is 18.7 Å². The van der Waals surface area contributed by atoms with Gasteiger partial charge in [-0.05, 0) is 43.2 Å². The number of aromatic nitrogens is 2. The minimum atomic E-state index is 0.521. The van der Waals surface area contributed by atoms with Crippen LogP contribution in [-0.4, -0.2) is 17.2 Å². The summed E-state index contributed by atoms with van der Waals surface area (Å²) in [5.74, 6) is 3.75. The second-order valence-electron chi connectivity index (χ2n) is 6.03. The third kappa shape index (κ3) is 1.82. The van der Waals surface area contributed by atoms with Gasteiger partial charge in [-0.2, -0.15) is 4.98 Å². The largest absolute Gasteiger partial charge is 0.387 e. The van der Waals surface area contributed by atoms with E-state index in [1.165, 1.54) is 25.7 Å². The van der Waals surface area contributed by atoms with Gasteiger partial charge in [-0.1, -0.05) is 23.7 Å². The monoisotopic (exact) mass is 269 g/mol.